The van der Waals surface area contributed by atoms with Crippen LogP contribution in [0.5, 0.6) is 0 Å². The van der Waals surface area contributed by atoms with Gasteiger partial charge in [-0.2, -0.15) is 0 Å². The maximum atomic E-state index is 11.1. The average Bonchev–Trinajstić information content (AvgIpc) is 2.55. The third-order valence-corrected chi connectivity index (χ3v) is 1.48. The Hall–Kier alpha value is -1.36. The van der Waals surface area contributed by atoms with E-state index in [9.17, 15) is 4.79 Å². The molecule has 1 heterocycles. The molecule has 1 atom stereocenters. The number of hydrogen-bond donors (Lipinski definition) is 2. The number of hydrogen-bond acceptors (Lipinski definition) is 4. The van der Waals surface area contributed by atoms with Gasteiger partial charge in [0.25, 0.3) is 0 Å². The second-order valence-electron chi connectivity index (χ2n) is 2.42. The number of nitrogens with zero attached hydrogens (tertiary/aromatic N) is 1. The van der Waals surface area contributed by atoms with Gasteiger partial charge in [0.15, 0.2) is 0 Å². The van der Waals surface area contributed by atoms with Gasteiger partial charge in [0.2, 0.25) is 5.91 Å². The Labute approximate surface area is 69.9 Å². The van der Waals surface area contributed by atoms with Gasteiger partial charge in [-0.1, -0.05) is 12.1 Å². The van der Waals surface area contributed by atoms with E-state index in [2.05, 4.69) is 15.0 Å². The molecule has 3 N–H and O–H groups in total. The molecule has 0 radical (unpaired) electrons. The molecule has 0 aliphatic heterocycles. The third kappa shape index (κ3) is 2.06. The molecule has 0 unspecified atom stereocenters. The Bertz CT molecular complexity index is 245. The fourth-order valence-electron chi connectivity index (χ4n) is 0.687. The van der Waals surface area contributed by atoms with E-state index in [4.69, 9.17) is 5.73 Å². The van der Waals surface area contributed by atoms with Crippen molar-refractivity contribution >= 4 is 11.6 Å². The van der Waals surface area contributed by atoms with Crippen molar-refractivity contribution in [2.45, 2.75) is 19.4 Å². The summed E-state index contributed by atoms with van der Waals surface area (Å²) >= 11 is 0. The lowest BCUT2D eigenvalue weighted by atomic mass is 10.2. The quantitative estimate of drug-likeness (QED) is 0.684. The van der Waals surface area contributed by atoms with E-state index in [1.807, 2.05) is 6.92 Å². The largest absolute Gasteiger partial charge is 0.363 e. The summed E-state index contributed by atoms with van der Waals surface area (Å²) in [6, 6.07) is -0.472. The first-order valence-corrected chi connectivity index (χ1v) is 3.70. The van der Waals surface area contributed by atoms with Gasteiger partial charge in [-0.25, -0.2) is 0 Å². The summed E-state index contributed by atoms with van der Waals surface area (Å²) in [5, 5.41) is 5.98. The van der Waals surface area contributed by atoms with Crippen molar-refractivity contribution in [2.24, 2.45) is 5.73 Å². The maximum Gasteiger partial charge on any atom is 0.241 e. The highest BCUT2D eigenvalue weighted by Gasteiger charge is 2.11. The number of carbonyl (C=O) groups is 1. The Balaban J connectivity index is 2.47. The van der Waals surface area contributed by atoms with Gasteiger partial charge >= 0.3 is 0 Å². The first-order valence-electron chi connectivity index (χ1n) is 3.70. The highest BCUT2D eigenvalue weighted by Crippen LogP contribution is 2.04. The van der Waals surface area contributed by atoms with Crippen molar-refractivity contribution < 1.29 is 9.32 Å². The van der Waals surface area contributed by atoms with Crippen LogP contribution in [0.15, 0.2) is 17.0 Å². The molecule has 0 aliphatic carbocycles. The summed E-state index contributed by atoms with van der Waals surface area (Å²) < 4.78 is 4.52. The van der Waals surface area contributed by atoms with Gasteiger partial charge in [0.1, 0.15) is 12.0 Å². The number of rotatable bonds is 3. The monoisotopic (exact) mass is 169 g/mol. The summed E-state index contributed by atoms with van der Waals surface area (Å²) in [5.74, 6) is -0.222. The summed E-state index contributed by atoms with van der Waals surface area (Å²) in [6.45, 7) is 1.85. The van der Waals surface area contributed by atoms with E-state index in [0.29, 0.717) is 12.1 Å². The van der Waals surface area contributed by atoms with Crippen molar-refractivity contribution in [2.75, 3.05) is 5.32 Å². The fourth-order valence-corrected chi connectivity index (χ4v) is 0.687. The van der Waals surface area contributed by atoms with Crippen molar-refractivity contribution in [3.8, 4) is 0 Å². The Morgan fingerprint density at radius 2 is 2.67 bits per heavy atom. The Kier molecular flexibility index (Phi) is 2.82. The molecule has 1 aromatic rings. The Morgan fingerprint density at radius 3 is 3.17 bits per heavy atom. The van der Waals surface area contributed by atoms with Crippen LogP contribution in [0.3, 0.4) is 0 Å². The van der Waals surface area contributed by atoms with Crippen LogP contribution in [0.25, 0.3) is 0 Å². The van der Waals surface area contributed by atoms with Crippen LogP contribution < -0.4 is 11.1 Å². The number of aromatic nitrogens is 1. The van der Waals surface area contributed by atoms with E-state index in [1.54, 1.807) is 0 Å². The lowest BCUT2D eigenvalue weighted by Gasteiger charge is -2.06. The van der Waals surface area contributed by atoms with Crippen LogP contribution in [0.1, 0.15) is 13.3 Å². The van der Waals surface area contributed by atoms with E-state index in [1.165, 1.54) is 12.5 Å². The predicted octanol–water partition coefficient (Wildman–Crippen LogP) is 0.350. The molecule has 0 aliphatic rings. The van der Waals surface area contributed by atoms with Crippen LogP contribution in [0.2, 0.25) is 0 Å². The highest BCUT2D eigenvalue weighted by atomic mass is 16.5. The summed E-state index contributed by atoms with van der Waals surface area (Å²) in [6.07, 6.45) is 3.37. The molecule has 0 bridgehead atoms. The number of amides is 1. The zero-order valence-electron chi connectivity index (χ0n) is 6.78. The molecular formula is C7H11N3O2. The standard InChI is InChI=1S/C7H11N3O2/c1-2-6(8)7(11)10-5-3-9-12-4-5/h3-4,6H,2,8H2,1H3,(H,10,11)/t6-/m1/s1. The SMILES string of the molecule is CC[C@@H](N)C(=O)Nc1cnoc1. The molecular weight excluding hydrogens is 158 g/mol. The zero-order chi connectivity index (χ0) is 8.97. The second-order valence-corrected chi connectivity index (χ2v) is 2.42. The molecule has 0 spiro atoms. The first kappa shape index (κ1) is 8.73. The number of anilines is 1. The fraction of sp³-hybridized carbons (Fsp3) is 0.429. The van der Waals surface area contributed by atoms with E-state index in [0.717, 1.165) is 0 Å². The van der Waals surface area contributed by atoms with E-state index in [-0.39, 0.29) is 5.91 Å². The van der Waals surface area contributed by atoms with Gasteiger partial charge in [-0.15, -0.1) is 0 Å². The molecule has 0 saturated heterocycles. The molecule has 1 amide bonds. The van der Waals surface area contributed by atoms with Crippen LogP contribution in [-0.2, 0) is 4.79 Å². The zero-order valence-corrected chi connectivity index (χ0v) is 6.78. The summed E-state index contributed by atoms with van der Waals surface area (Å²) in [5.41, 5.74) is 6.00. The minimum Gasteiger partial charge on any atom is -0.363 e. The molecule has 5 heteroatoms. The minimum atomic E-state index is -0.472. The highest BCUT2D eigenvalue weighted by molar-refractivity contribution is 5.94. The molecule has 5 nitrogen and oxygen atoms in total. The van der Waals surface area contributed by atoms with Gasteiger partial charge in [0.05, 0.1) is 12.2 Å². The van der Waals surface area contributed by atoms with Crippen molar-refractivity contribution in [3.05, 3.63) is 12.5 Å². The lowest BCUT2D eigenvalue weighted by molar-refractivity contribution is -0.117. The van der Waals surface area contributed by atoms with E-state index >= 15 is 0 Å². The van der Waals surface area contributed by atoms with Gasteiger partial charge < -0.3 is 15.6 Å². The average molecular weight is 169 g/mol. The molecule has 66 valence electrons. The molecule has 1 rings (SSSR count). The summed E-state index contributed by atoms with van der Waals surface area (Å²) in [7, 11) is 0. The molecule has 1 aromatic heterocycles. The van der Waals surface area contributed by atoms with Crippen LogP contribution >= 0.6 is 0 Å². The predicted molar refractivity (Wildman–Crippen MR) is 43.4 cm³/mol. The molecule has 0 fully saturated rings. The van der Waals surface area contributed by atoms with Gasteiger partial charge in [0, 0.05) is 0 Å². The van der Waals surface area contributed by atoms with Crippen LogP contribution in [-0.4, -0.2) is 17.1 Å². The maximum absolute atomic E-state index is 11.1. The second kappa shape index (κ2) is 3.87. The topological polar surface area (TPSA) is 81.2 Å². The number of carbonyl (C=O) groups excluding carboxylic acids is 1. The molecule has 0 aromatic carbocycles. The molecule has 0 saturated carbocycles. The normalized spacial score (nSPS) is 12.5. The lowest BCUT2D eigenvalue weighted by Crippen LogP contribution is -2.34. The third-order valence-electron chi connectivity index (χ3n) is 1.48. The Morgan fingerprint density at radius 1 is 1.92 bits per heavy atom. The van der Waals surface area contributed by atoms with Gasteiger partial charge in [-0.3, -0.25) is 4.79 Å². The van der Waals surface area contributed by atoms with Crippen molar-refractivity contribution in [1.29, 1.82) is 0 Å². The first-order chi connectivity index (χ1) is 5.74. The van der Waals surface area contributed by atoms with Crippen molar-refractivity contribution in [1.82, 2.24) is 5.16 Å². The molecule has 12 heavy (non-hydrogen) atoms. The van der Waals surface area contributed by atoms with Crippen LogP contribution in [0, 0.1) is 0 Å². The number of nitrogens with two attached hydrogens (primary N) is 1. The van der Waals surface area contributed by atoms with Crippen LogP contribution in [0.4, 0.5) is 5.69 Å². The van der Waals surface area contributed by atoms with Gasteiger partial charge in [-0.05, 0) is 6.42 Å². The number of nitrogens with one attached hydrogen (secondary N) is 1. The minimum absolute atomic E-state index is 0.222. The smallest absolute Gasteiger partial charge is 0.241 e. The van der Waals surface area contributed by atoms with E-state index < -0.39 is 6.04 Å². The van der Waals surface area contributed by atoms with Crippen molar-refractivity contribution in [3.63, 3.8) is 0 Å². The summed E-state index contributed by atoms with van der Waals surface area (Å²) in [4.78, 5) is 11.1.